The number of aryl methyl sites for hydroxylation is 1. The van der Waals surface area contributed by atoms with Gasteiger partial charge in [0.05, 0.1) is 12.7 Å². The molecule has 0 aliphatic carbocycles. The summed E-state index contributed by atoms with van der Waals surface area (Å²) >= 11 is 3.50. The number of aromatic nitrogens is 3. The summed E-state index contributed by atoms with van der Waals surface area (Å²) in [4.78, 5) is 29.0. The normalized spacial score (nSPS) is 19.6. The number of benzene rings is 2. The average molecular weight is 497 g/mol. The Morgan fingerprint density at radius 1 is 1.16 bits per heavy atom. The van der Waals surface area contributed by atoms with Crippen LogP contribution in [0, 0.1) is 6.92 Å². The SMILES string of the molecule is COc1ccc(Br)cc1-c1nnc2n1C1C(C(=O)NC(=O)N1C)N2Cc1ccccc1C. The number of rotatable bonds is 4. The summed E-state index contributed by atoms with van der Waals surface area (Å²) in [6.07, 6.45) is -0.594. The minimum atomic E-state index is -0.639. The van der Waals surface area contributed by atoms with Gasteiger partial charge in [0, 0.05) is 18.1 Å². The highest BCUT2D eigenvalue weighted by molar-refractivity contribution is 9.10. The van der Waals surface area contributed by atoms with Crippen LogP contribution in [0.5, 0.6) is 5.75 Å². The highest BCUT2D eigenvalue weighted by Crippen LogP contribution is 2.43. The fourth-order valence-electron chi connectivity index (χ4n) is 4.38. The maximum atomic E-state index is 13.0. The van der Waals surface area contributed by atoms with E-state index < -0.39 is 18.2 Å². The molecule has 2 unspecified atom stereocenters. The molecule has 3 amide bonds. The van der Waals surface area contributed by atoms with Gasteiger partial charge in [0.15, 0.2) is 11.9 Å². The number of carbonyl (C=O) groups is 2. The van der Waals surface area contributed by atoms with Crippen LogP contribution in [-0.4, -0.2) is 51.8 Å². The van der Waals surface area contributed by atoms with Crippen molar-refractivity contribution in [3.63, 3.8) is 0 Å². The maximum absolute atomic E-state index is 13.0. The van der Waals surface area contributed by atoms with Crippen molar-refractivity contribution in [2.45, 2.75) is 25.7 Å². The molecule has 1 fully saturated rings. The molecular formula is C22H21BrN6O3. The summed E-state index contributed by atoms with van der Waals surface area (Å²) < 4.78 is 8.25. The molecule has 1 aromatic heterocycles. The molecule has 1 N–H and O–H groups in total. The monoisotopic (exact) mass is 496 g/mol. The van der Waals surface area contributed by atoms with Crippen LogP contribution in [0.1, 0.15) is 17.3 Å². The Balaban J connectivity index is 1.69. The number of anilines is 1. The first-order valence-corrected chi connectivity index (χ1v) is 10.9. The number of amides is 3. The number of methoxy groups -OCH3 is 1. The lowest BCUT2D eigenvalue weighted by atomic mass is 10.1. The zero-order valence-electron chi connectivity index (χ0n) is 17.7. The molecule has 32 heavy (non-hydrogen) atoms. The minimum absolute atomic E-state index is 0.357. The largest absolute Gasteiger partial charge is 0.496 e. The van der Waals surface area contributed by atoms with Gasteiger partial charge in [-0.25, -0.2) is 4.79 Å². The van der Waals surface area contributed by atoms with E-state index in [2.05, 4.69) is 31.4 Å². The number of urea groups is 1. The summed E-state index contributed by atoms with van der Waals surface area (Å²) in [7, 11) is 3.26. The number of imide groups is 1. The third-order valence-corrected chi connectivity index (χ3v) is 6.53. The van der Waals surface area contributed by atoms with E-state index in [4.69, 9.17) is 4.74 Å². The predicted octanol–water partition coefficient (Wildman–Crippen LogP) is 3.09. The maximum Gasteiger partial charge on any atom is 0.325 e. The highest BCUT2D eigenvalue weighted by atomic mass is 79.9. The van der Waals surface area contributed by atoms with Crippen molar-refractivity contribution in [3.05, 3.63) is 58.1 Å². The lowest BCUT2D eigenvalue weighted by molar-refractivity contribution is -0.124. The Bertz CT molecular complexity index is 1240. The molecule has 5 rings (SSSR count). The second kappa shape index (κ2) is 7.63. The number of halogens is 1. The number of hydrogen-bond donors (Lipinski definition) is 1. The molecule has 2 atom stereocenters. The molecular weight excluding hydrogens is 476 g/mol. The fraction of sp³-hybridized carbons (Fsp3) is 0.273. The van der Waals surface area contributed by atoms with Gasteiger partial charge < -0.3 is 14.5 Å². The van der Waals surface area contributed by atoms with Crippen LogP contribution in [-0.2, 0) is 11.3 Å². The van der Waals surface area contributed by atoms with Gasteiger partial charge in [0.2, 0.25) is 5.95 Å². The van der Waals surface area contributed by atoms with Gasteiger partial charge in [-0.3, -0.25) is 14.7 Å². The minimum Gasteiger partial charge on any atom is -0.496 e. The van der Waals surface area contributed by atoms with Crippen molar-refractivity contribution in [2.75, 3.05) is 19.1 Å². The number of likely N-dealkylation sites (N-methyl/N-ethyl adjacent to an activating group) is 1. The van der Waals surface area contributed by atoms with Crippen LogP contribution in [0.25, 0.3) is 11.4 Å². The number of hydrogen-bond acceptors (Lipinski definition) is 6. The average Bonchev–Trinajstić information content (AvgIpc) is 3.33. The van der Waals surface area contributed by atoms with Crippen LogP contribution < -0.4 is 15.0 Å². The Morgan fingerprint density at radius 3 is 2.69 bits per heavy atom. The van der Waals surface area contributed by atoms with Gasteiger partial charge >= 0.3 is 6.03 Å². The predicted molar refractivity (Wildman–Crippen MR) is 121 cm³/mol. The third kappa shape index (κ3) is 3.05. The number of nitrogens with zero attached hydrogens (tertiary/aromatic N) is 5. The molecule has 0 radical (unpaired) electrons. The molecule has 3 heterocycles. The van der Waals surface area contributed by atoms with E-state index >= 15 is 0 Å². The zero-order chi connectivity index (χ0) is 22.6. The first kappa shape index (κ1) is 20.5. The fourth-order valence-corrected chi connectivity index (χ4v) is 4.74. The standard InChI is InChI=1S/C22H21BrN6O3/c1-12-6-4-5-7-13(12)11-28-17-19(30)24-22(31)27(2)20(17)29-18(25-26-21(28)29)15-10-14(23)8-9-16(15)32-3/h4-10,17,20H,11H2,1-3H3,(H,24,30,31). The first-order valence-electron chi connectivity index (χ1n) is 10.1. The van der Waals surface area contributed by atoms with Gasteiger partial charge in [-0.05, 0) is 36.2 Å². The Hall–Kier alpha value is -3.40. The summed E-state index contributed by atoms with van der Waals surface area (Å²) in [5.74, 6) is 1.31. The molecule has 2 aromatic carbocycles. The summed E-state index contributed by atoms with van der Waals surface area (Å²) in [5, 5.41) is 11.4. The van der Waals surface area contributed by atoms with Gasteiger partial charge in [0.25, 0.3) is 5.91 Å². The van der Waals surface area contributed by atoms with Crippen molar-refractivity contribution in [2.24, 2.45) is 0 Å². The smallest absolute Gasteiger partial charge is 0.325 e. The van der Waals surface area contributed by atoms with Crippen LogP contribution >= 0.6 is 15.9 Å². The van der Waals surface area contributed by atoms with E-state index in [0.717, 1.165) is 15.6 Å². The van der Waals surface area contributed by atoms with Crippen LogP contribution in [0.3, 0.4) is 0 Å². The van der Waals surface area contributed by atoms with Crippen molar-refractivity contribution in [1.29, 1.82) is 0 Å². The van der Waals surface area contributed by atoms with E-state index in [0.29, 0.717) is 29.6 Å². The molecule has 3 aromatic rings. The van der Waals surface area contributed by atoms with Crippen molar-refractivity contribution < 1.29 is 14.3 Å². The third-order valence-electron chi connectivity index (χ3n) is 6.04. The Kier molecular flexibility index (Phi) is 4.89. The van der Waals surface area contributed by atoms with Gasteiger partial charge in [0.1, 0.15) is 11.9 Å². The topological polar surface area (TPSA) is 92.6 Å². The second-order valence-electron chi connectivity index (χ2n) is 7.86. The first-order chi connectivity index (χ1) is 15.4. The molecule has 1 saturated heterocycles. The van der Waals surface area contributed by atoms with Crippen molar-refractivity contribution in [3.8, 4) is 17.1 Å². The lowest BCUT2D eigenvalue weighted by Crippen LogP contribution is -2.61. The van der Waals surface area contributed by atoms with E-state index in [1.807, 2.05) is 58.9 Å². The van der Waals surface area contributed by atoms with E-state index in [1.165, 1.54) is 4.90 Å². The number of ether oxygens (including phenoxy) is 1. The summed E-state index contributed by atoms with van der Waals surface area (Å²) in [6.45, 7) is 2.49. The van der Waals surface area contributed by atoms with Crippen molar-refractivity contribution in [1.82, 2.24) is 25.0 Å². The Labute approximate surface area is 193 Å². The summed E-state index contributed by atoms with van der Waals surface area (Å²) in [6, 6.07) is 12.5. The number of nitrogens with one attached hydrogen (secondary N) is 1. The molecule has 9 nitrogen and oxygen atoms in total. The van der Waals surface area contributed by atoms with E-state index in [9.17, 15) is 9.59 Å². The van der Waals surface area contributed by atoms with Crippen LogP contribution in [0.4, 0.5) is 10.7 Å². The second-order valence-corrected chi connectivity index (χ2v) is 8.77. The van der Waals surface area contributed by atoms with E-state index in [1.54, 1.807) is 14.2 Å². The zero-order valence-corrected chi connectivity index (χ0v) is 19.3. The van der Waals surface area contributed by atoms with Gasteiger partial charge in [-0.15, -0.1) is 10.2 Å². The Morgan fingerprint density at radius 2 is 1.94 bits per heavy atom. The molecule has 2 aliphatic rings. The molecule has 2 aliphatic heterocycles. The highest BCUT2D eigenvalue weighted by Gasteiger charge is 2.52. The molecule has 0 bridgehead atoms. The van der Waals surface area contributed by atoms with Gasteiger partial charge in [-0.2, -0.15) is 0 Å². The van der Waals surface area contributed by atoms with Crippen LogP contribution in [0.15, 0.2) is 46.9 Å². The molecule has 0 spiro atoms. The quantitative estimate of drug-likeness (QED) is 0.596. The molecule has 0 saturated carbocycles. The molecule has 10 heteroatoms. The van der Waals surface area contributed by atoms with Crippen molar-refractivity contribution >= 4 is 33.8 Å². The lowest BCUT2D eigenvalue weighted by Gasteiger charge is -2.37. The van der Waals surface area contributed by atoms with Gasteiger partial charge in [-0.1, -0.05) is 40.2 Å². The number of carbonyl (C=O) groups excluding carboxylic acids is 2. The summed E-state index contributed by atoms with van der Waals surface area (Å²) in [5.41, 5.74) is 2.89. The van der Waals surface area contributed by atoms with Crippen LogP contribution in [0.2, 0.25) is 0 Å². The van der Waals surface area contributed by atoms with E-state index in [-0.39, 0.29) is 5.91 Å². The number of fused-ring (bicyclic) bond motifs is 3. The molecule has 164 valence electrons.